The maximum absolute atomic E-state index is 12.8. The van der Waals surface area contributed by atoms with Gasteiger partial charge in [-0.15, -0.1) is 0 Å². The maximum atomic E-state index is 12.8. The van der Waals surface area contributed by atoms with E-state index in [1.54, 1.807) is 0 Å². The molecule has 0 spiro atoms. The summed E-state index contributed by atoms with van der Waals surface area (Å²) in [5.41, 5.74) is 0. The Labute approximate surface area is 260 Å². The molecule has 42 heavy (non-hydrogen) atoms. The molecule has 0 heterocycles. The van der Waals surface area contributed by atoms with Gasteiger partial charge in [0.1, 0.15) is 6.04 Å². The van der Waals surface area contributed by atoms with Crippen LogP contribution in [0.4, 0.5) is 0 Å². The van der Waals surface area contributed by atoms with Crippen molar-refractivity contribution in [3.63, 3.8) is 0 Å². The fourth-order valence-electron chi connectivity index (χ4n) is 5.21. The number of amides is 1. The lowest BCUT2D eigenvalue weighted by atomic mass is 10.1. The molecule has 0 fully saturated rings. The summed E-state index contributed by atoms with van der Waals surface area (Å²) in [6.07, 6.45) is 29.6. The van der Waals surface area contributed by atoms with Crippen LogP contribution in [0.5, 0.6) is 0 Å². The van der Waals surface area contributed by atoms with Crippen LogP contribution in [0.25, 0.3) is 0 Å². The van der Waals surface area contributed by atoms with Gasteiger partial charge in [-0.05, 0) is 19.3 Å². The number of unbranched alkanes of at least 4 members (excludes halogenated alkanes) is 22. The highest BCUT2D eigenvalue weighted by molar-refractivity contribution is 5.88. The zero-order valence-electron chi connectivity index (χ0n) is 28.1. The predicted molar refractivity (Wildman–Crippen MR) is 176 cm³/mol. The number of carbonyl (C=O) groups excluding carboxylic acids is 3. The first-order chi connectivity index (χ1) is 20.5. The molecule has 1 atom stereocenters. The van der Waals surface area contributed by atoms with Gasteiger partial charge in [0.15, 0.2) is 0 Å². The molecule has 248 valence electrons. The van der Waals surface area contributed by atoms with Crippen molar-refractivity contribution in [3.8, 4) is 0 Å². The molecule has 0 aromatic heterocycles. The molecule has 0 aliphatic heterocycles. The van der Waals surface area contributed by atoms with Crippen LogP contribution < -0.4 is 5.32 Å². The van der Waals surface area contributed by atoms with Crippen LogP contribution in [-0.2, 0) is 23.9 Å². The van der Waals surface area contributed by atoms with Crippen molar-refractivity contribution in [3.05, 3.63) is 0 Å². The van der Waals surface area contributed by atoms with Crippen LogP contribution >= 0.6 is 0 Å². The molecule has 6 heteroatoms. The summed E-state index contributed by atoms with van der Waals surface area (Å²) in [5.74, 6) is -1.17. The van der Waals surface area contributed by atoms with Gasteiger partial charge in [0.25, 0.3) is 0 Å². The normalized spacial score (nSPS) is 11.8. The van der Waals surface area contributed by atoms with Gasteiger partial charge < -0.3 is 14.8 Å². The van der Waals surface area contributed by atoms with Gasteiger partial charge in [-0.1, -0.05) is 162 Å². The van der Waals surface area contributed by atoms with Crippen molar-refractivity contribution in [2.45, 2.75) is 200 Å². The van der Waals surface area contributed by atoms with Gasteiger partial charge in [-0.3, -0.25) is 9.59 Å². The quantitative estimate of drug-likeness (QED) is 0.0618. The molecule has 0 radical (unpaired) electrons. The van der Waals surface area contributed by atoms with Crippen LogP contribution in [0.3, 0.4) is 0 Å². The summed E-state index contributed by atoms with van der Waals surface area (Å²) >= 11 is 0. The fraction of sp³-hybridized carbons (Fsp3) is 0.917. The van der Waals surface area contributed by atoms with Crippen molar-refractivity contribution in [2.24, 2.45) is 0 Å². The minimum Gasteiger partial charge on any atom is -0.466 e. The van der Waals surface area contributed by atoms with E-state index in [9.17, 15) is 14.4 Å². The summed E-state index contributed by atoms with van der Waals surface area (Å²) in [6.45, 7) is 7.34. The third kappa shape index (κ3) is 28.5. The molecule has 1 N–H and O–H groups in total. The van der Waals surface area contributed by atoms with Crippen molar-refractivity contribution in [2.75, 3.05) is 13.2 Å². The minimum atomic E-state index is -0.976. The maximum Gasteiger partial charge on any atom is 0.329 e. The fourth-order valence-corrected chi connectivity index (χ4v) is 5.21. The lowest BCUT2D eigenvalue weighted by Crippen LogP contribution is -2.43. The van der Waals surface area contributed by atoms with Crippen LogP contribution in [0.15, 0.2) is 0 Å². The van der Waals surface area contributed by atoms with E-state index >= 15 is 0 Å². The number of hydrogen-bond donors (Lipinski definition) is 1. The van der Waals surface area contributed by atoms with E-state index in [0.717, 1.165) is 57.8 Å². The zero-order chi connectivity index (χ0) is 30.9. The highest BCUT2D eigenvalue weighted by Crippen LogP contribution is 2.13. The Hall–Kier alpha value is -1.59. The van der Waals surface area contributed by atoms with Crippen LogP contribution in [0.2, 0.25) is 0 Å². The number of rotatable bonds is 32. The van der Waals surface area contributed by atoms with Crippen molar-refractivity contribution in [1.82, 2.24) is 5.32 Å². The standard InChI is InChI=1S/C36H69NO5/c1-4-7-10-13-16-18-20-22-25-27-30-41-35(39)32-33(36(40)42-31-28-24-15-12-9-6-3)37-34(38)29-26-23-21-19-17-14-11-8-5-2/h33H,4-32H2,1-3H3,(H,37,38)/t33-/m0/s1. The molecule has 0 aromatic rings. The number of esters is 2. The first kappa shape index (κ1) is 40.4. The molecule has 0 aromatic carbocycles. The smallest absolute Gasteiger partial charge is 0.329 e. The molecule has 0 rings (SSSR count). The average Bonchev–Trinajstić information content (AvgIpc) is 2.98. The van der Waals surface area contributed by atoms with Crippen LogP contribution in [0.1, 0.15) is 194 Å². The summed E-state index contributed by atoms with van der Waals surface area (Å²) in [5, 5.41) is 2.77. The largest absolute Gasteiger partial charge is 0.466 e. The van der Waals surface area contributed by atoms with Gasteiger partial charge in [0.05, 0.1) is 19.6 Å². The molecule has 0 aliphatic carbocycles. The van der Waals surface area contributed by atoms with Gasteiger partial charge in [0, 0.05) is 6.42 Å². The summed E-state index contributed by atoms with van der Waals surface area (Å²) < 4.78 is 10.9. The zero-order valence-corrected chi connectivity index (χ0v) is 28.1. The van der Waals surface area contributed by atoms with E-state index in [2.05, 4.69) is 26.1 Å². The van der Waals surface area contributed by atoms with E-state index < -0.39 is 18.0 Å². The van der Waals surface area contributed by atoms with Crippen molar-refractivity contribution >= 4 is 17.8 Å². The minimum absolute atomic E-state index is 0.170. The second kappa shape index (κ2) is 32.3. The summed E-state index contributed by atoms with van der Waals surface area (Å²) in [7, 11) is 0. The Morgan fingerprint density at radius 1 is 0.476 bits per heavy atom. The van der Waals surface area contributed by atoms with E-state index in [4.69, 9.17) is 9.47 Å². The molecule has 0 bridgehead atoms. The summed E-state index contributed by atoms with van der Waals surface area (Å²) in [6, 6.07) is -0.976. The van der Waals surface area contributed by atoms with Crippen LogP contribution in [0, 0.1) is 0 Å². The third-order valence-corrected chi connectivity index (χ3v) is 8.00. The van der Waals surface area contributed by atoms with Crippen molar-refractivity contribution < 1.29 is 23.9 Å². The highest BCUT2D eigenvalue weighted by atomic mass is 16.5. The predicted octanol–water partition coefficient (Wildman–Crippen LogP) is 10.1. The van der Waals surface area contributed by atoms with Gasteiger partial charge >= 0.3 is 11.9 Å². The molecule has 0 saturated carbocycles. The first-order valence-corrected chi connectivity index (χ1v) is 18.2. The van der Waals surface area contributed by atoms with Gasteiger partial charge in [-0.2, -0.15) is 0 Å². The molecule has 0 unspecified atom stereocenters. The second-order valence-corrected chi connectivity index (χ2v) is 12.2. The molecular weight excluding hydrogens is 526 g/mol. The monoisotopic (exact) mass is 596 g/mol. The van der Waals surface area contributed by atoms with E-state index in [0.29, 0.717) is 19.6 Å². The Morgan fingerprint density at radius 2 is 0.833 bits per heavy atom. The average molecular weight is 596 g/mol. The Balaban J connectivity index is 4.34. The van der Waals surface area contributed by atoms with Gasteiger partial charge in [-0.25, -0.2) is 4.79 Å². The lowest BCUT2D eigenvalue weighted by Gasteiger charge is -2.17. The first-order valence-electron chi connectivity index (χ1n) is 18.2. The van der Waals surface area contributed by atoms with Crippen molar-refractivity contribution in [1.29, 1.82) is 0 Å². The molecule has 6 nitrogen and oxygen atoms in total. The molecule has 0 aliphatic rings. The molecule has 1 amide bonds. The lowest BCUT2D eigenvalue weighted by molar-refractivity contribution is -0.154. The Bertz CT molecular complexity index is 624. The van der Waals surface area contributed by atoms with Crippen LogP contribution in [-0.4, -0.2) is 37.1 Å². The van der Waals surface area contributed by atoms with E-state index in [-0.39, 0.29) is 12.3 Å². The molecule has 0 saturated heterocycles. The summed E-state index contributed by atoms with van der Waals surface area (Å²) in [4.78, 5) is 37.9. The Morgan fingerprint density at radius 3 is 1.26 bits per heavy atom. The SMILES string of the molecule is CCCCCCCCCCCCOC(=O)C[C@H](NC(=O)CCCCCCCCCCC)C(=O)OCCCCCCCC. The van der Waals surface area contributed by atoms with E-state index in [1.807, 2.05) is 0 Å². The topological polar surface area (TPSA) is 81.7 Å². The molecular formula is C36H69NO5. The number of ether oxygens (including phenoxy) is 2. The number of nitrogens with one attached hydrogen (secondary N) is 1. The number of hydrogen-bond acceptors (Lipinski definition) is 5. The van der Waals surface area contributed by atoms with Gasteiger partial charge in [0.2, 0.25) is 5.91 Å². The Kier molecular flexibility index (Phi) is 31.1. The van der Waals surface area contributed by atoms with E-state index in [1.165, 1.54) is 103 Å². The second-order valence-electron chi connectivity index (χ2n) is 12.2. The number of carbonyl (C=O) groups is 3. The highest BCUT2D eigenvalue weighted by Gasteiger charge is 2.26. The third-order valence-electron chi connectivity index (χ3n) is 8.00.